The van der Waals surface area contributed by atoms with E-state index in [-0.39, 0.29) is 66.2 Å². The van der Waals surface area contributed by atoms with Crippen molar-refractivity contribution in [2.75, 3.05) is 0 Å². The highest BCUT2D eigenvalue weighted by molar-refractivity contribution is 5.99. The van der Waals surface area contributed by atoms with Gasteiger partial charge in [0.1, 0.15) is 23.0 Å². The zero-order chi connectivity index (χ0) is 42.8. The molecule has 0 bridgehead atoms. The van der Waals surface area contributed by atoms with E-state index in [0.29, 0.717) is 24.2 Å². The van der Waals surface area contributed by atoms with Crippen LogP contribution in [0.25, 0.3) is 0 Å². The first-order valence-electron chi connectivity index (χ1n) is 23.9. The van der Waals surface area contributed by atoms with Crippen molar-refractivity contribution >= 4 is 23.7 Å². The second kappa shape index (κ2) is 34.1. The third kappa shape index (κ3) is 25.5. The van der Waals surface area contributed by atoms with E-state index in [1.54, 1.807) is 18.2 Å². The van der Waals surface area contributed by atoms with Gasteiger partial charge in [-0.05, 0) is 49.4 Å². The molecule has 0 saturated carbocycles. The van der Waals surface area contributed by atoms with E-state index in [2.05, 4.69) is 20.8 Å². The first-order valence-corrected chi connectivity index (χ1v) is 23.9. The molecule has 0 aliphatic rings. The van der Waals surface area contributed by atoms with Crippen LogP contribution in [0.5, 0.6) is 23.0 Å². The van der Waals surface area contributed by atoms with Gasteiger partial charge in [0.25, 0.3) is 0 Å². The fourth-order valence-corrected chi connectivity index (χ4v) is 7.38. The zero-order valence-corrected chi connectivity index (χ0v) is 37.4. The highest BCUT2D eigenvalue weighted by Crippen LogP contribution is 2.30. The largest absolute Gasteiger partial charge is 0.508 e. The molecule has 0 heterocycles. The van der Waals surface area contributed by atoms with Gasteiger partial charge in [0.2, 0.25) is 0 Å². The molecule has 59 heavy (non-hydrogen) atoms. The van der Waals surface area contributed by atoms with Crippen LogP contribution in [0.3, 0.4) is 0 Å². The van der Waals surface area contributed by atoms with Gasteiger partial charge in [0.05, 0.1) is 5.56 Å². The number of benzene rings is 2. The Kier molecular flexibility index (Phi) is 29.7. The number of ketones is 1. The van der Waals surface area contributed by atoms with Crippen LogP contribution in [0.1, 0.15) is 236 Å². The first kappa shape index (κ1) is 51.5. The maximum Gasteiger partial charge on any atom is 0.311 e. The van der Waals surface area contributed by atoms with Crippen LogP contribution in [0.15, 0.2) is 36.4 Å². The van der Waals surface area contributed by atoms with Crippen LogP contribution in [0, 0.1) is 0 Å². The average molecular weight is 821 g/mol. The van der Waals surface area contributed by atoms with E-state index in [4.69, 9.17) is 14.2 Å². The highest BCUT2D eigenvalue weighted by atomic mass is 16.5. The van der Waals surface area contributed by atoms with Gasteiger partial charge in [-0.1, -0.05) is 181 Å². The lowest BCUT2D eigenvalue weighted by Crippen LogP contribution is -2.13. The SMILES string of the molecule is CCCCCCCCCCCC(=O)Oc1ccc(CCC(=O)c2ccc(O)cc2OC(=O)CCCCCCCCCCC)c(OC(=O)CCCCCCCCCCC)c1. The number of phenolic OH excluding ortho intramolecular Hbond substituents is 1. The predicted octanol–water partition coefficient (Wildman–Crippen LogP) is 14.7. The molecule has 0 unspecified atom stereocenters. The number of rotatable bonds is 37. The second-order valence-electron chi connectivity index (χ2n) is 16.5. The quantitative estimate of drug-likeness (QED) is 0.0310. The summed E-state index contributed by atoms with van der Waals surface area (Å²) < 4.78 is 17.2. The molecule has 0 amide bonds. The Morgan fingerprint density at radius 2 is 0.814 bits per heavy atom. The highest BCUT2D eigenvalue weighted by Gasteiger charge is 2.19. The number of aromatic hydroxyl groups is 1. The van der Waals surface area contributed by atoms with Crippen LogP contribution in [0.4, 0.5) is 0 Å². The van der Waals surface area contributed by atoms with Gasteiger partial charge < -0.3 is 19.3 Å². The second-order valence-corrected chi connectivity index (χ2v) is 16.5. The van der Waals surface area contributed by atoms with E-state index in [9.17, 15) is 24.3 Å². The molecule has 0 aliphatic heterocycles. The molecular weight excluding hydrogens is 741 g/mol. The van der Waals surface area contributed by atoms with Crippen LogP contribution in [-0.2, 0) is 20.8 Å². The minimum Gasteiger partial charge on any atom is -0.508 e. The Hall–Kier alpha value is -3.68. The molecular formula is C51H80O8. The Labute approximate surface area is 358 Å². The molecule has 2 aromatic rings. The van der Waals surface area contributed by atoms with E-state index >= 15 is 0 Å². The first-order chi connectivity index (χ1) is 28.8. The Morgan fingerprint density at radius 1 is 0.424 bits per heavy atom. The molecule has 8 nitrogen and oxygen atoms in total. The number of esters is 3. The molecule has 2 rings (SSSR count). The normalized spacial score (nSPS) is 11.1. The van der Waals surface area contributed by atoms with Gasteiger partial charge in [-0.3, -0.25) is 19.2 Å². The smallest absolute Gasteiger partial charge is 0.311 e. The van der Waals surface area contributed by atoms with Gasteiger partial charge >= 0.3 is 17.9 Å². The number of aryl methyl sites for hydroxylation is 1. The van der Waals surface area contributed by atoms with E-state index in [1.165, 1.54) is 127 Å². The molecule has 0 aliphatic carbocycles. The van der Waals surface area contributed by atoms with E-state index in [1.807, 2.05) is 0 Å². The van der Waals surface area contributed by atoms with Gasteiger partial charge in [0, 0.05) is 37.8 Å². The van der Waals surface area contributed by atoms with Crippen LogP contribution < -0.4 is 14.2 Å². The number of carbonyl (C=O) groups is 4. The monoisotopic (exact) mass is 821 g/mol. The Morgan fingerprint density at radius 3 is 1.25 bits per heavy atom. The summed E-state index contributed by atoms with van der Waals surface area (Å²) in [6.07, 6.45) is 31.9. The summed E-state index contributed by atoms with van der Waals surface area (Å²) in [5, 5.41) is 10.2. The van der Waals surface area contributed by atoms with Crippen molar-refractivity contribution in [3.63, 3.8) is 0 Å². The maximum atomic E-state index is 13.6. The summed E-state index contributed by atoms with van der Waals surface area (Å²) in [5.74, 6) is -0.893. The topological polar surface area (TPSA) is 116 Å². The van der Waals surface area contributed by atoms with Gasteiger partial charge in [0.15, 0.2) is 5.78 Å². The fraction of sp³-hybridized carbons (Fsp3) is 0.686. The lowest BCUT2D eigenvalue weighted by molar-refractivity contribution is -0.135. The molecule has 0 spiro atoms. The van der Waals surface area contributed by atoms with Crippen molar-refractivity contribution in [2.24, 2.45) is 0 Å². The summed E-state index contributed by atoms with van der Waals surface area (Å²) in [6.45, 7) is 6.65. The molecule has 8 heteroatoms. The molecule has 0 fully saturated rings. The molecule has 1 N–H and O–H groups in total. The van der Waals surface area contributed by atoms with E-state index < -0.39 is 5.97 Å². The Balaban J connectivity index is 1.99. The number of phenols is 1. The number of Topliss-reactive ketones (excluding diaryl/α,β-unsaturated/α-hetero) is 1. The fourth-order valence-electron chi connectivity index (χ4n) is 7.38. The average Bonchev–Trinajstić information content (AvgIpc) is 3.21. The van der Waals surface area contributed by atoms with Gasteiger partial charge in [-0.2, -0.15) is 0 Å². The van der Waals surface area contributed by atoms with Crippen LogP contribution in [-0.4, -0.2) is 28.8 Å². The van der Waals surface area contributed by atoms with Gasteiger partial charge in [-0.25, -0.2) is 0 Å². The minimum absolute atomic E-state index is 0.0358. The predicted molar refractivity (Wildman–Crippen MR) is 240 cm³/mol. The standard InChI is InChI=1S/C51H80O8/c1-4-7-10-13-16-19-22-25-28-31-49(54)57-44-37-34-42(47(41-44)58-50(55)32-29-26-23-20-17-14-11-8-5-2)35-39-46(53)45-38-36-43(52)40-48(45)59-51(56)33-30-27-24-21-18-15-12-9-6-3/h34,36-38,40-41,52H,4-33,35,39H2,1-3H3. The summed E-state index contributed by atoms with van der Waals surface area (Å²) in [5.41, 5.74) is 0.828. The molecule has 0 saturated heterocycles. The van der Waals surface area contributed by atoms with Crippen molar-refractivity contribution in [3.8, 4) is 23.0 Å². The lowest BCUT2D eigenvalue weighted by atomic mass is 10.0. The van der Waals surface area contributed by atoms with Gasteiger partial charge in [-0.15, -0.1) is 0 Å². The zero-order valence-electron chi connectivity index (χ0n) is 37.4. The van der Waals surface area contributed by atoms with E-state index in [0.717, 1.165) is 57.8 Å². The van der Waals surface area contributed by atoms with Crippen molar-refractivity contribution in [2.45, 2.75) is 226 Å². The third-order valence-electron chi connectivity index (χ3n) is 11.1. The number of unbranched alkanes of at least 4 members (excludes halogenated alkanes) is 24. The third-order valence-corrected chi connectivity index (χ3v) is 11.1. The van der Waals surface area contributed by atoms with Crippen molar-refractivity contribution < 1.29 is 38.5 Å². The summed E-state index contributed by atoms with van der Waals surface area (Å²) in [7, 11) is 0. The van der Waals surface area contributed by atoms with Crippen molar-refractivity contribution in [1.29, 1.82) is 0 Å². The number of hydrogen-bond donors (Lipinski definition) is 1. The minimum atomic E-state index is -0.434. The maximum absolute atomic E-state index is 13.6. The molecule has 332 valence electrons. The number of carbonyl (C=O) groups excluding carboxylic acids is 4. The van der Waals surface area contributed by atoms with Crippen LogP contribution in [0.2, 0.25) is 0 Å². The number of hydrogen-bond acceptors (Lipinski definition) is 8. The molecule has 0 atom stereocenters. The molecule has 2 aromatic carbocycles. The van der Waals surface area contributed by atoms with Crippen molar-refractivity contribution in [1.82, 2.24) is 0 Å². The Bertz CT molecular complexity index is 1450. The molecule has 0 radical (unpaired) electrons. The lowest BCUT2D eigenvalue weighted by Gasteiger charge is -2.13. The summed E-state index contributed by atoms with van der Waals surface area (Å²) >= 11 is 0. The van der Waals surface area contributed by atoms with Crippen LogP contribution >= 0.6 is 0 Å². The van der Waals surface area contributed by atoms with Crippen molar-refractivity contribution in [3.05, 3.63) is 47.5 Å². The summed E-state index contributed by atoms with van der Waals surface area (Å²) in [4.78, 5) is 52.1. The molecule has 0 aromatic heterocycles. The number of ether oxygens (including phenoxy) is 3. The summed E-state index contributed by atoms with van der Waals surface area (Å²) in [6, 6.07) is 9.16.